The fourth-order valence-corrected chi connectivity index (χ4v) is 4.50. The first-order valence-electron chi connectivity index (χ1n) is 5.96. The molecule has 2 nitrogen and oxygen atoms in total. The van der Waals surface area contributed by atoms with E-state index in [9.17, 15) is 0 Å². The molecule has 0 aromatic heterocycles. The van der Waals surface area contributed by atoms with Crippen molar-refractivity contribution in [2.24, 2.45) is 11.8 Å². The summed E-state index contributed by atoms with van der Waals surface area (Å²) in [5.74, 6) is 4.80. The van der Waals surface area contributed by atoms with Crippen molar-refractivity contribution in [1.29, 1.82) is 0 Å². The summed E-state index contributed by atoms with van der Waals surface area (Å²) < 4.78 is 0. The number of likely N-dealkylation sites (tertiary alicyclic amines) is 1. The third kappa shape index (κ3) is 2.46. The lowest BCUT2D eigenvalue weighted by molar-refractivity contribution is 0.221. The third-order valence-corrected chi connectivity index (χ3v) is 5.31. The van der Waals surface area contributed by atoms with E-state index in [2.05, 4.69) is 22.0 Å². The maximum atomic E-state index is 3.53. The van der Waals surface area contributed by atoms with Crippen molar-refractivity contribution < 1.29 is 0 Å². The van der Waals surface area contributed by atoms with E-state index < -0.39 is 0 Å². The van der Waals surface area contributed by atoms with Crippen molar-refractivity contribution in [2.45, 2.75) is 18.9 Å². The summed E-state index contributed by atoms with van der Waals surface area (Å²) in [6.45, 7) is 5.29. The van der Waals surface area contributed by atoms with E-state index in [1.54, 1.807) is 0 Å². The molecule has 3 aliphatic heterocycles. The first-order valence-corrected chi connectivity index (χ1v) is 7.11. The van der Waals surface area contributed by atoms with Crippen molar-refractivity contribution in [3.05, 3.63) is 0 Å². The van der Waals surface area contributed by atoms with Gasteiger partial charge in [-0.2, -0.15) is 11.8 Å². The molecule has 4 heteroatoms. The van der Waals surface area contributed by atoms with Crippen LogP contribution in [0, 0.1) is 11.8 Å². The van der Waals surface area contributed by atoms with Crippen LogP contribution in [0.5, 0.6) is 0 Å². The molecule has 3 saturated heterocycles. The molecule has 0 spiro atoms. The topological polar surface area (TPSA) is 15.3 Å². The molecule has 0 aliphatic carbocycles. The summed E-state index contributed by atoms with van der Waals surface area (Å²) >= 11 is 2.15. The molecular weight excluding hydrogens is 228 g/mol. The van der Waals surface area contributed by atoms with Gasteiger partial charge in [0.2, 0.25) is 0 Å². The van der Waals surface area contributed by atoms with E-state index in [-0.39, 0.29) is 12.4 Å². The predicted molar refractivity (Wildman–Crippen MR) is 69.0 cm³/mol. The molecule has 3 heterocycles. The number of fused-ring (bicyclic) bond motifs is 1. The van der Waals surface area contributed by atoms with Gasteiger partial charge in [-0.15, -0.1) is 12.4 Å². The molecule has 1 unspecified atom stereocenters. The monoisotopic (exact) mass is 248 g/mol. The summed E-state index contributed by atoms with van der Waals surface area (Å²) in [5.41, 5.74) is 0. The second-order valence-corrected chi connectivity index (χ2v) is 6.15. The molecule has 3 aliphatic rings. The van der Waals surface area contributed by atoms with E-state index >= 15 is 0 Å². The van der Waals surface area contributed by atoms with Crippen molar-refractivity contribution in [3.8, 4) is 0 Å². The minimum Gasteiger partial charge on any atom is -0.315 e. The Kier molecular flexibility index (Phi) is 4.22. The SMILES string of the molecule is C1CC(CN2CC[C@H]3CNC[C@H]32)CS1.Cl. The van der Waals surface area contributed by atoms with E-state index in [1.165, 1.54) is 50.5 Å². The van der Waals surface area contributed by atoms with Crippen LogP contribution >= 0.6 is 24.2 Å². The van der Waals surface area contributed by atoms with Crippen LogP contribution in [0.1, 0.15) is 12.8 Å². The highest BCUT2D eigenvalue weighted by molar-refractivity contribution is 7.99. The molecule has 3 rings (SSSR count). The van der Waals surface area contributed by atoms with Crippen LogP contribution in [0.3, 0.4) is 0 Å². The first-order chi connectivity index (χ1) is 6.93. The van der Waals surface area contributed by atoms with Gasteiger partial charge in [-0.05, 0) is 49.3 Å². The van der Waals surface area contributed by atoms with Crippen LogP contribution < -0.4 is 5.32 Å². The Morgan fingerprint density at radius 3 is 3.00 bits per heavy atom. The molecule has 3 atom stereocenters. The number of nitrogens with one attached hydrogen (secondary N) is 1. The minimum absolute atomic E-state index is 0. The number of hydrogen-bond donors (Lipinski definition) is 1. The van der Waals surface area contributed by atoms with Gasteiger partial charge in [0.15, 0.2) is 0 Å². The third-order valence-electron chi connectivity index (χ3n) is 4.08. The Labute approximate surface area is 103 Å². The molecule has 3 fully saturated rings. The molecular formula is C11H21ClN2S. The highest BCUT2D eigenvalue weighted by Gasteiger charge is 2.38. The molecule has 15 heavy (non-hydrogen) atoms. The van der Waals surface area contributed by atoms with Crippen molar-refractivity contribution >= 4 is 24.2 Å². The lowest BCUT2D eigenvalue weighted by atomic mass is 10.0. The Balaban J connectivity index is 0.000000853. The van der Waals surface area contributed by atoms with Gasteiger partial charge in [0.25, 0.3) is 0 Å². The highest BCUT2D eigenvalue weighted by Crippen LogP contribution is 2.31. The van der Waals surface area contributed by atoms with Crippen LogP contribution in [0.4, 0.5) is 0 Å². The van der Waals surface area contributed by atoms with Gasteiger partial charge < -0.3 is 5.32 Å². The van der Waals surface area contributed by atoms with Gasteiger partial charge in [-0.25, -0.2) is 0 Å². The average molecular weight is 249 g/mol. The standard InChI is InChI=1S/C11H20N2S.ClH/c1-3-13(7-9-2-4-14-8-9)11-6-12-5-10(1)11;/h9-12H,1-8H2;1H/t9?,10-,11+;/m0./s1. The van der Waals surface area contributed by atoms with Crippen LogP contribution in [-0.4, -0.2) is 48.6 Å². The van der Waals surface area contributed by atoms with Gasteiger partial charge in [-0.1, -0.05) is 0 Å². The molecule has 0 bridgehead atoms. The van der Waals surface area contributed by atoms with Crippen LogP contribution in [0.15, 0.2) is 0 Å². The first kappa shape index (κ1) is 12.0. The largest absolute Gasteiger partial charge is 0.315 e. The van der Waals surface area contributed by atoms with E-state index in [4.69, 9.17) is 0 Å². The van der Waals surface area contributed by atoms with E-state index in [1.807, 2.05) is 0 Å². The molecule has 88 valence electrons. The fraction of sp³-hybridized carbons (Fsp3) is 1.00. The molecule has 0 radical (unpaired) electrons. The van der Waals surface area contributed by atoms with Crippen LogP contribution in [0.2, 0.25) is 0 Å². The lowest BCUT2D eigenvalue weighted by Gasteiger charge is -2.25. The summed E-state index contributed by atoms with van der Waals surface area (Å²) in [4.78, 5) is 2.77. The number of thioether (sulfide) groups is 1. The zero-order chi connectivity index (χ0) is 9.38. The summed E-state index contributed by atoms with van der Waals surface area (Å²) in [6, 6.07) is 0.889. The quantitative estimate of drug-likeness (QED) is 0.797. The summed E-state index contributed by atoms with van der Waals surface area (Å²) in [7, 11) is 0. The Morgan fingerprint density at radius 1 is 1.27 bits per heavy atom. The van der Waals surface area contributed by atoms with Crippen LogP contribution in [-0.2, 0) is 0 Å². The molecule has 0 aromatic rings. The van der Waals surface area contributed by atoms with Gasteiger partial charge in [0, 0.05) is 19.1 Å². The second kappa shape index (κ2) is 5.26. The minimum atomic E-state index is 0. The Morgan fingerprint density at radius 2 is 2.20 bits per heavy atom. The average Bonchev–Trinajstić information content (AvgIpc) is 2.85. The smallest absolute Gasteiger partial charge is 0.0261 e. The van der Waals surface area contributed by atoms with Gasteiger partial charge in [0.1, 0.15) is 0 Å². The van der Waals surface area contributed by atoms with E-state index in [0.29, 0.717) is 0 Å². The number of halogens is 1. The number of hydrogen-bond acceptors (Lipinski definition) is 3. The molecule has 0 aromatic carbocycles. The summed E-state index contributed by atoms with van der Waals surface area (Å²) in [6.07, 6.45) is 2.91. The zero-order valence-corrected chi connectivity index (χ0v) is 10.8. The molecule has 0 amide bonds. The van der Waals surface area contributed by atoms with Crippen LogP contribution in [0.25, 0.3) is 0 Å². The second-order valence-electron chi connectivity index (χ2n) is 5.00. The van der Waals surface area contributed by atoms with Crippen molar-refractivity contribution in [2.75, 3.05) is 37.7 Å². The maximum Gasteiger partial charge on any atom is 0.0261 e. The van der Waals surface area contributed by atoms with Gasteiger partial charge >= 0.3 is 0 Å². The van der Waals surface area contributed by atoms with Gasteiger partial charge in [-0.3, -0.25) is 4.90 Å². The van der Waals surface area contributed by atoms with E-state index in [0.717, 1.165) is 17.9 Å². The maximum absolute atomic E-state index is 3.53. The fourth-order valence-electron chi connectivity index (χ4n) is 3.22. The Bertz CT molecular complexity index is 209. The number of rotatable bonds is 2. The van der Waals surface area contributed by atoms with Crippen molar-refractivity contribution in [1.82, 2.24) is 10.2 Å². The molecule has 0 saturated carbocycles. The normalized spacial score (nSPS) is 40.4. The number of nitrogens with zero attached hydrogens (tertiary/aromatic N) is 1. The highest BCUT2D eigenvalue weighted by atomic mass is 35.5. The summed E-state index contributed by atoms with van der Waals surface area (Å²) in [5, 5.41) is 3.53. The van der Waals surface area contributed by atoms with Crippen molar-refractivity contribution in [3.63, 3.8) is 0 Å². The Hall–Kier alpha value is 0.560. The zero-order valence-electron chi connectivity index (χ0n) is 9.15. The lowest BCUT2D eigenvalue weighted by Crippen LogP contribution is -2.37. The predicted octanol–water partition coefficient (Wildman–Crippen LogP) is 1.46. The molecule has 1 N–H and O–H groups in total. The van der Waals surface area contributed by atoms with Gasteiger partial charge in [0.05, 0.1) is 0 Å².